The zero-order valence-corrected chi connectivity index (χ0v) is 20.1. The molecule has 1 aliphatic rings. The Balaban J connectivity index is 1.65. The molecule has 0 spiro atoms. The number of hydrogen-bond acceptors (Lipinski definition) is 8. The number of amides is 1. The van der Waals surface area contributed by atoms with Crippen molar-refractivity contribution in [2.24, 2.45) is 5.14 Å². The van der Waals surface area contributed by atoms with Crippen molar-refractivity contribution in [2.45, 2.75) is 35.8 Å². The monoisotopic (exact) mass is 511 g/mol. The number of carbonyl (C=O) groups is 2. The van der Waals surface area contributed by atoms with E-state index in [0.717, 1.165) is 6.07 Å². The summed E-state index contributed by atoms with van der Waals surface area (Å²) in [5.41, 5.74) is 0.106. The number of ether oxygens (including phenoxy) is 2. The molecule has 2 aromatic rings. The van der Waals surface area contributed by atoms with Crippen LogP contribution in [-0.2, 0) is 34.3 Å². The van der Waals surface area contributed by atoms with E-state index < -0.39 is 38.5 Å². The quantitative estimate of drug-likeness (QED) is 0.519. The van der Waals surface area contributed by atoms with Crippen LogP contribution in [-0.4, -0.2) is 64.9 Å². The van der Waals surface area contributed by atoms with Gasteiger partial charge in [-0.2, -0.15) is 4.31 Å². The minimum Gasteiger partial charge on any atom is -0.452 e. The van der Waals surface area contributed by atoms with E-state index in [1.165, 1.54) is 46.8 Å². The molecule has 0 aliphatic carbocycles. The van der Waals surface area contributed by atoms with Gasteiger partial charge in [0, 0.05) is 18.8 Å². The molecule has 1 saturated heterocycles. The first-order valence-corrected chi connectivity index (χ1v) is 13.2. The van der Waals surface area contributed by atoms with Crippen LogP contribution >= 0.6 is 0 Å². The van der Waals surface area contributed by atoms with Gasteiger partial charge in [-0.05, 0) is 50.2 Å². The van der Waals surface area contributed by atoms with Crippen LogP contribution in [0.2, 0.25) is 0 Å². The number of morpholine rings is 1. The minimum atomic E-state index is -3.95. The highest BCUT2D eigenvalue weighted by atomic mass is 32.2. The molecule has 184 valence electrons. The molecule has 3 N–H and O–H groups in total. The number of hydrogen-bond donors (Lipinski definition) is 2. The summed E-state index contributed by atoms with van der Waals surface area (Å²) in [4.78, 5) is 24.3. The molecule has 0 bridgehead atoms. The molecule has 1 amide bonds. The van der Waals surface area contributed by atoms with Gasteiger partial charge in [0.2, 0.25) is 20.0 Å². The Morgan fingerprint density at radius 1 is 1.03 bits per heavy atom. The van der Waals surface area contributed by atoms with Crippen molar-refractivity contribution >= 4 is 37.6 Å². The third kappa shape index (κ3) is 6.39. The second kappa shape index (κ2) is 10.2. The predicted molar refractivity (Wildman–Crippen MR) is 122 cm³/mol. The van der Waals surface area contributed by atoms with E-state index in [4.69, 9.17) is 14.6 Å². The van der Waals surface area contributed by atoms with Crippen molar-refractivity contribution in [3.05, 3.63) is 54.1 Å². The van der Waals surface area contributed by atoms with E-state index in [-0.39, 0.29) is 46.3 Å². The molecule has 13 heteroatoms. The number of rotatable bonds is 7. The van der Waals surface area contributed by atoms with Gasteiger partial charge >= 0.3 is 5.97 Å². The number of nitrogens with zero attached hydrogens (tertiary/aromatic N) is 1. The van der Waals surface area contributed by atoms with Gasteiger partial charge in [-0.1, -0.05) is 12.1 Å². The average molecular weight is 512 g/mol. The zero-order valence-electron chi connectivity index (χ0n) is 18.5. The molecular formula is C21H25N3O8S2. The maximum Gasteiger partial charge on any atom is 0.338 e. The lowest BCUT2D eigenvalue weighted by atomic mass is 10.2. The first-order chi connectivity index (χ1) is 15.9. The van der Waals surface area contributed by atoms with E-state index in [1.807, 2.05) is 0 Å². The summed E-state index contributed by atoms with van der Waals surface area (Å²) in [5.74, 6) is -1.62. The van der Waals surface area contributed by atoms with E-state index in [1.54, 1.807) is 13.8 Å². The third-order valence-corrected chi connectivity index (χ3v) is 7.61. The highest BCUT2D eigenvalue weighted by Crippen LogP contribution is 2.22. The fraction of sp³-hybridized carbons (Fsp3) is 0.333. The molecule has 0 aromatic heterocycles. The lowest BCUT2D eigenvalue weighted by Crippen LogP contribution is -2.48. The lowest BCUT2D eigenvalue weighted by Gasteiger charge is -2.34. The summed E-state index contributed by atoms with van der Waals surface area (Å²) in [7, 11) is -7.81. The lowest BCUT2D eigenvalue weighted by molar-refractivity contribution is -0.119. The Morgan fingerprint density at radius 2 is 1.65 bits per heavy atom. The van der Waals surface area contributed by atoms with E-state index in [9.17, 15) is 26.4 Å². The summed E-state index contributed by atoms with van der Waals surface area (Å²) in [5, 5.41) is 7.46. The van der Waals surface area contributed by atoms with Crippen molar-refractivity contribution in [3.63, 3.8) is 0 Å². The summed E-state index contributed by atoms with van der Waals surface area (Å²) >= 11 is 0. The molecule has 0 saturated carbocycles. The highest BCUT2D eigenvalue weighted by molar-refractivity contribution is 7.89. The SMILES string of the molecule is C[C@H]1CN(S(=O)(=O)c2cccc(C(=O)OCC(=O)Nc3cccc(S(N)(=O)=O)c3)c2)C[C@H](C)O1. The molecule has 11 nitrogen and oxygen atoms in total. The summed E-state index contributed by atoms with van der Waals surface area (Å²) < 4.78 is 60.7. The van der Waals surface area contributed by atoms with Crippen molar-refractivity contribution < 1.29 is 35.9 Å². The van der Waals surface area contributed by atoms with Gasteiger partial charge < -0.3 is 14.8 Å². The van der Waals surface area contributed by atoms with Crippen LogP contribution in [0.25, 0.3) is 0 Å². The van der Waals surface area contributed by atoms with Gasteiger partial charge in [-0.15, -0.1) is 0 Å². The fourth-order valence-electron chi connectivity index (χ4n) is 3.42. The second-order valence-electron chi connectivity index (χ2n) is 7.80. The normalized spacial score (nSPS) is 19.4. The Hall–Kier alpha value is -2.84. The van der Waals surface area contributed by atoms with Crippen molar-refractivity contribution in [1.29, 1.82) is 0 Å². The molecule has 1 aliphatic heterocycles. The molecule has 2 aromatic carbocycles. The van der Waals surface area contributed by atoms with Crippen molar-refractivity contribution in [1.82, 2.24) is 4.31 Å². The zero-order chi connectivity index (χ0) is 25.1. The van der Waals surface area contributed by atoms with Gasteiger partial charge in [-0.25, -0.2) is 26.8 Å². The van der Waals surface area contributed by atoms with Crippen LogP contribution in [0.1, 0.15) is 24.2 Å². The largest absolute Gasteiger partial charge is 0.452 e. The van der Waals surface area contributed by atoms with Crippen molar-refractivity contribution in [2.75, 3.05) is 25.0 Å². The number of esters is 1. The van der Waals surface area contributed by atoms with E-state index in [0.29, 0.717) is 0 Å². The molecule has 1 fully saturated rings. The fourth-order valence-corrected chi connectivity index (χ4v) is 5.62. The van der Waals surface area contributed by atoms with Gasteiger partial charge in [0.15, 0.2) is 6.61 Å². The van der Waals surface area contributed by atoms with Crippen LogP contribution in [0.4, 0.5) is 5.69 Å². The summed E-state index contributed by atoms with van der Waals surface area (Å²) in [6.45, 7) is 3.26. The second-order valence-corrected chi connectivity index (χ2v) is 11.3. The minimum absolute atomic E-state index is 0.0422. The van der Waals surface area contributed by atoms with E-state index >= 15 is 0 Å². The first kappa shape index (κ1) is 25.8. The van der Waals surface area contributed by atoms with Crippen LogP contribution in [0.5, 0.6) is 0 Å². The molecule has 2 atom stereocenters. The molecule has 34 heavy (non-hydrogen) atoms. The predicted octanol–water partition coefficient (Wildman–Crippen LogP) is 0.927. The van der Waals surface area contributed by atoms with Gasteiger partial charge in [-0.3, -0.25) is 4.79 Å². The standard InChI is InChI=1S/C21H25N3O8S2/c1-14-11-24(12-15(2)32-14)34(29,30)19-8-3-5-16(9-19)21(26)31-13-20(25)23-17-6-4-7-18(10-17)33(22,27)28/h3-10,14-15H,11-13H2,1-2H3,(H,23,25)(H2,22,27,28)/t14-,15-/m0/s1. The Bertz CT molecular complexity index is 1280. The number of nitrogens with one attached hydrogen (secondary N) is 1. The highest BCUT2D eigenvalue weighted by Gasteiger charge is 2.32. The maximum atomic E-state index is 13.0. The number of anilines is 1. The molecule has 0 radical (unpaired) electrons. The number of sulfonamides is 2. The number of nitrogens with two attached hydrogens (primary N) is 1. The van der Waals surface area contributed by atoms with Crippen LogP contribution in [0.15, 0.2) is 58.3 Å². The molecule has 0 unspecified atom stereocenters. The first-order valence-electron chi connectivity index (χ1n) is 10.2. The maximum absolute atomic E-state index is 13.0. The smallest absolute Gasteiger partial charge is 0.338 e. The van der Waals surface area contributed by atoms with E-state index in [2.05, 4.69) is 5.32 Å². The van der Waals surface area contributed by atoms with Crippen LogP contribution in [0.3, 0.4) is 0 Å². The molecule has 3 rings (SSSR count). The summed E-state index contributed by atoms with van der Waals surface area (Å²) in [6.07, 6.45) is -0.535. The Labute approximate surface area is 197 Å². The Kier molecular flexibility index (Phi) is 7.73. The number of carbonyl (C=O) groups excluding carboxylic acids is 2. The van der Waals surface area contributed by atoms with Crippen LogP contribution in [0, 0.1) is 0 Å². The van der Waals surface area contributed by atoms with Gasteiger partial charge in [0.05, 0.1) is 27.6 Å². The summed E-state index contributed by atoms with van der Waals surface area (Å²) in [6, 6.07) is 10.6. The topological polar surface area (TPSA) is 162 Å². The number of benzene rings is 2. The third-order valence-electron chi connectivity index (χ3n) is 4.87. The van der Waals surface area contributed by atoms with Gasteiger partial charge in [0.1, 0.15) is 0 Å². The molecule has 1 heterocycles. The van der Waals surface area contributed by atoms with Crippen LogP contribution < -0.4 is 10.5 Å². The number of primary sulfonamides is 1. The van der Waals surface area contributed by atoms with Gasteiger partial charge in [0.25, 0.3) is 5.91 Å². The average Bonchev–Trinajstić information content (AvgIpc) is 2.76. The van der Waals surface area contributed by atoms with Crippen molar-refractivity contribution in [3.8, 4) is 0 Å². The molecular weight excluding hydrogens is 486 g/mol. The Morgan fingerprint density at radius 3 is 2.29 bits per heavy atom.